The Labute approximate surface area is 441 Å². The molecule has 0 N–H and O–H groups in total. The van der Waals surface area contributed by atoms with Crippen molar-refractivity contribution in [1.29, 1.82) is 0 Å². The molecule has 0 nitrogen and oxygen atoms in total. The van der Waals surface area contributed by atoms with Gasteiger partial charge in [0.15, 0.2) is 0 Å². The monoisotopic (exact) mass is 1210 g/mol. The second-order valence-electron chi connectivity index (χ2n) is 17.8. The Hall–Kier alpha value is -6.30. The second-order valence-corrected chi connectivity index (χ2v) is 21.3. The first-order valence-corrected chi connectivity index (χ1v) is 25.9. The third kappa shape index (κ3) is 7.93. The van der Waals surface area contributed by atoms with Crippen LogP contribution in [0.15, 0.2) is 212 Å². The maximum Gasteiger partial charge on any atom is 0.416 e. The molecule has 0 aliphatic heterocycles. The zero-order valence-electron chi connectivity index (χ0n) is 37.3. The van der Waals surface area contributed by atoms with Gasteiger partial charge in [0.2, 0.25) is 0 Å². The summed E-state index contributed by atoms with van der Waals surface area (Å²) in [6.45, 7) is 0. The second kappa shape index (κ2) is 17.7. The number of benzene rings is 14. The van der Waals surface area contributed by atoms with E-state index in [0.717, 1.165) is 85.6 Å². The van der Waals surface area contributed by atoms with Gasteiger partial charge in [-0.25, -0.2) is 0 Å². The molecule has 0 aromatic heterocycles. The van der Waals surface area contributed by atoms with Crippen LogP contribution < -0.4 is 0 Å². The summed E-state index contributed by atoms with van der Waals surface area (Å²) in [5, 5.41) is 21.4. The van der Waals surface area contributed by atoms with Crippen molar-refractivity contribution in [2.24, 2.45) is 0 Å². The molecule has 0 radical (unpaired) electrons. The first kappa shape index (κ1) is 46.8. The average molecular weight is 1210 g/mol. The topological polar surface area (TPSA) is 0 Å². The van der Waals surface area contributed by atoms with Crippen LogP contribution in [0.2, 0.25) is 0 Å². The molecule has 350 valence electrons. The number of hydrogen-bond donors (Lipinski definition) is 0. The van der Waals surface area contributed by atoms with E-state index in [2.05, 4.69) is 161 Å². The molecule has 0 amide bonds. The average Bonchev–Trinajstić information content (AvgIpc) is 3.38. The van der Waals surface area contributed by atoms with Crippen molar-refractivity contribution < 1.29 is 26.3 Å². The molecule has 0 fully saturated rings. The van der Waals surface area contributed by atoms with Crippen molar-refractivity contribution in [3.63, 3.8) is 0 Å². The molecule has 0 saturated carbocycles. The summed E-state index contributed by atoms with van der Waals surface area (Å²) >= 11 is 14.6. The molecule has 0 heterocycles. The van der Waals surface area contributed by atoms with Gasteiger partial charge in [-0.2, -0.15) is 26.3 Å². The molecule has 0 aliphatic rings. The summed E-state index contributed by atoms with van der Waals surface area (Å²) < 4.78 is 82.9. The molecular formula is C62H32Br4F6. The van der Waals surface area contributed by atoms with Crippen molar-refractivity contribution in [2.75, 3.05) is 0 Å². The van der Waals surface area contributed by atoms with Gasteiger partial charge in [0.25, 0.3) is 0 Å². The van der Waals surface area contributed by atoms with Crippen LogP contribution >= 0.6 is 63.7 Å². The van der Waals surface area contributed by atoms with Gasteiger partial charge in [-0.05, 0) is 168 Å². The highest BCUT2D eigenvalue weighted by molar-refractivity contribution is 9.11. The normalized spacial score (nSPS) is 12.3. The van der Waals surface area contributed by atoms with Crippen molar-refractivity contribution in [3.8, 4) is 22.3 Å². The van der Waals surface area contributed by atoms with Crippen LogP contribution in [0.3, 0.4) is 0 Å². The van der Waals surface area contributed by atoms with Gasteiger partial charge in [-0.1, -0.05) is 209 Å². The molecule has 72 heavy (non-hydrogen) atoms. The third-order valence-electron chi connectivity index (χ3n) is 13.8. The largest absolute Gasteiger partial charge is 0.416 e. The lowest BCUT2D eigenvalue weighted by Crippen LogP contribution is -2.04. The van der Waals surface area contributed by atoms with E-state index in [9.17, 15) is 26.3 Å². The first-order chi connectivity index (χ1) is 34.6. The van der Waals surface area contributed by atoms with Gasteiger partial charge < -0.3 is 0 Å². The zero-order valence-corrected chi connectivity index (χ0v) is 43.6. The molecule has 0 bridgehead atoms. The number of halogens is 10. The predicted octanol–water partition coefficient (Wildman–Crippen LogP) is 22.2. The molecule has 14 aromatic rings. The lowest BCUT2D eigenvalue weighted by atomic mass is 9.87. The maximum absolute atomic E-state index is 13.0. The Morgan fingerprint density at radius 3 is 0.708 bits per heavy atom. The minimum absolute atomic E-state index is 0.670. The molecule has 10 heteroatoms. The summed E-state index contributed by atoms with van der Waals surface area (Å²) in [6, 6.07) is 60.5. The van der Waals surface area contributed by atoms with E-state index in [1.807, 2.05) is 48.5 Å². The van der Waals surface area contributed by atoms with Gasteiger partial charge in [-0.3, -0.25) is 0 Å². The Balaban J connectivity index is 0.000000122. The molecule has 14 rings (SSSR count). The van der Waals surface area contributed by atoms with Gasteiger partial charge in [-0.15, -0.1) is 0 Å². The Bertz CT molecular complexity index is 4020. The Kier molecular flexibility index (Phi) is 11.5. The van der Waals surface area contributed by atoms with Gasteiger partial charge in [0.1, 0.15) is 0 Å². The summed E-state index contributed by atoms with van der Waals surface area (Å²) in [4.78, 5) is 0. The van der Waals surface area contributed by atoms with E-state index in [-0.39, 0.29) is 0 Å². The zero-order chi connectivity index (χ0) is 49.8. The summed E-state index contributed by atoms with van der Waals surface area (Å²) in [5.41, 5.74) is 1.55. The van der Waals surface area contributed by atoms with Gasteiger partial charge >= 0.3 is 12.4 Å². The molecule has 0 atom stereocenters. The molecule has 0 saturated heterocycles. The van der Waals surface area contributed by atoms with Crippen LogP contribution in [0.4, 0.5) is 26.3 Å². The SMILES string of the molecule is Brc1ccc2ccc3c(Br)ccc4ccc1c2c43.Brc1ccc2ccc3ccc(Br)c4ccc1c2c34.FC(F)(F)c1ccc(-c2ccc3ccc4c(-c5ccc(C(F)(F)F)cc5)ccc5ccc2c3c54)cc1. The van der Waals surface area contributed by atoms with Crippen molar-refractivity contribution in [2.45, 2.75) is 12.4 Å². The number of rotatable bonds is 2. The molecule has 14 aromatic carbocycles. The molecule has 0 aliphatic carbocycles. The number of hydrogen-bond acceptors (Lipinski definition) is 0. The smallest absolute Gasteiger partial charge is 0.166 e. The van der Waals surface area contributed by atoms with E-state index >= 15 is 0 Å². The summed E-state index contributed by atoms with van der Waals surface area (Å²) in [5.74, 6) is 0. The van der Waals surface area contributed by atoms with E-state index in [1.165, 1.54) is 88.9 Å². The maximum atomic E-state index is 13.0. The molecular weight excluding hydrogens is 1180 g/mol. The van der Waals surface area contributed by atoms with Crippen LogP contribution in [0, 0.1) is 0 Å². The minimum Gasteiger partial charge on any atom is -0.166 e. The lowest BCUT2D eigenvalue weighted by Gasteiger charge is -2.17. The highest BCUT2D eigenvalue weighted by Gasteiger charge is 2.31. The quantitative estimate of drug-likeness (QED) is 0.120. The van der Waals surface area contributed by atoms with Crippen molar-refractivity contribution in [1.82, 2.24) is 0 Å². The van der Waals surface area contributed by atoms with E-state index in [1.54, 1.807) is 0 Å². The van der Waals surface area contributed by atoms with E-state index in [4.69, 9.17) is 0 Å². The van der Waals surface area contributed by atoms with Crippen LogP contribution in [0.5, 0.6) is 0 Å². The van der Waals surface area contributed by atoms with E-state index < -0.39 is 23.5 Å². The lowest BCUT2D eigenvalue weighted by molar-refractivity contribution is -0.138. The van der Waals surface area contributed by atoms with Crippen molar-refractivity contribution in [3.05, 3.63) is 223 Å². The first-order valence-electron chi connectivity index (χ1n) is 22.7. The van der Waals surface area contributed by atoms with Crippen LogP contribution in [-0.2, 0) is 12.4 Å². The standard InChI is InChI=1S/C30H16F6.2C16H8Br2/c31-29(32,33)21-9-1-17(2-10-21)23-13-5-19-8-16-26-24(18-3-11-22(12-4-18)30(34,35)36)14-6-20-7-15-25(23)27(19)28(20)26;17-13-8-4-10-2-6-12-14(18)7-3-9-1-5-11(13)16(10)15(9)12;17-13-7-3-9-1-2-10-4-8-14(18)12-6-5-11(13)15(9)16(10)12/h1-16H;2*1-8H. The summed E-state index contributed by atoms with van der Waals surface area (Å²) in [7, 11) is 0. The van der Waals surface area contributed by atoms with Crippen LogP contribution in [-0.4, -0.2) is 0 Å². The van der Waals surface area contributed by atoms with E-state index in [0.29, 0.717) is 11.1 Å². The van der Waals surface area contributed by atoms with Crippen LogP contribution in [0.1, 0.15) is 11.1 Å². The highest BCUT2D eigenvalue weighted by Crippen LogP contribution is 2.45. The molecule has 0 unspecified atom stereocenters. The minimum atomic E-state index is -4.41. The summed E-state index contributed by atoms with van der Waals surface area (Å²) in [6.07, 6.45) is -8.81. The Morgan fingerprint density at radius 2 is 0.431 bits per heavy atom. The van der Waals surface area contributed by atoms with Gasteiger partial charge in [0.05, 0.1) is 11.1 Å². The van der Waals surface area contributed by atoms with Crippen LogP contribution in [0.25, 0.3) is 119 Å². The molecule has 0 spiro atoms. The fraction of sp³-hybridized carbons (Fsp3) is 0.0323. The fourth-order valence-electron chi connectivity index (χ4n) is 10.4. The highest BCUT2D eigenvalue weighted by atomic mass is 79.9. The number of alkyl halides is 6. The fourth-order valence-corrected chi connectivity index (χ4v) is 12.3. The van der Waals surface area contributed by atoms with Gasteiger partial charge in [0, 0.05) is 17.9 Å². The Morgan fingerprint density at radius 1 is 0.222 bits per heavy atom. The van der Waals surface area contributed by atoms with Crippen molar-refractivity contribution >= 4 is 161 Å². The third-order valence-corrected chi connectivity index (χ3v) is 16.6. The predicted molar refractivity (Wildman–Crippen MR) is 302 cm³/mol.